The van der Waals surface area contributed by atoms with Gasteiger partial charge < -0.3 is 10.5 Å². The summed E-state index contributed by atoms with van der Waals surface area (Å²) in [6.07, 6.45) is 1.74. The molecule has 0 aromatic carbocycles. The Bertz CT molecular complexity index is 294. The van der Waals surface area contributed by atoms with Crippen molar-refractivity contribution in [3.05, 3.63) is 15.1 Å². The SMILES string of the molecule is COCCCc1nc(C)c(I)c(N)n1. The van der Waals surface area contributed by atoms with Crippen molar-refractivity contribution in [2.75, 3.05) is 19.5 Å². The van der Waals surface area contributed by atoms with E-state index in [-0.39, 0.29) is 0 Å². The highest BCUT2D eigenvalue weighted by Crippen LogP contribution is 2.15. The molecule has 5 heteroatoms. The van der Waals surface area contributed by atoms with Crippen LogP contribution in [0.3, 0.4) is 0 Å². The van der Waals surface area contributed by atoms with Gasteiger partial charge in [0.05, 0.1) is 9.26 Å². The van der Waals surface area contributed by atoms with E-state index in [1.165, 1.54) is 0 Å². The lowest BCUT2D eigenvalue weighted by molar-refractivity contribution is 0.194. The molecule has 0 atom stereocenters. The summed E-state index contributed by atoms with van der Waals surface area (Å²) in [6.45, 7) is 2.67. The standard InChI is InChI=1S/C9H14IN3O/c1-6-8(10)9(11)13-7(12-6)4-3-5-14-2/h3-5H2,1-2H3,(H2,11,12,13). The monoisotopic (exact) mass is 307 g/mol. The van der Waals surface area contributed by atoms with Gasteiger partial charge in [0.2, 0.25) is 0 Å². The van der Waals surface area contributed by atoms with Gasteiger partial charge in [0, 0.05) is 20.1 Å². The maximum absolute atomic E-state index is 5.74. The lowest BCUT2D eigenvalue weighted by Gasteiger charge is -2.05. The Morgan fingerprint density at radius 1 is 1.43 bits per heavy atom. The average molecular weight is 307 g/mol. The van der Waals surface area contributed by atoms with Crippen LogP contribution in [0.25, 0.3) is 0 Å². The molecule has 4 nitrogen and oxygen atoms in total. The van der Waals surface area contributed by atoms with E-state index in [0.717, 1.165) is 34.5 Å². The third-order valence-corrected chi connectivity index (χ3v) is 3.17. The van der Waals surface area contributed by atoms with Crippen LogP contribution in [-0.2, 0) is 11.2 Å². The number of nitrogens with two attached hydrogens (primary N) is 1. The van der Waals surface area contributed by atoms with Gasteiger partial charge >= 0.3 is 0 Å². The van der Waals surface area contributed by atoms with Gasteiger partial charge in [0.1, 0.15) is 11.6 Å². The normalized spacial score (nSPS) is 10.5. The fourth-order valence-electron chi connectivity index (χ4n) is 1.13. The van der Waals surface area contributed by atoms with Crippen molar-refractivity contribution in [3.63, 3.8) is 0 Å². The largest absolute Gasteiger partial charge is 0.385 e. The third kappa shape index (κ3) is 3.06. The first-order chi connectivity index (χ1) is 6.65. The van der Waals surface area contributed by atoms with E-state index >= 15 is 0 Å². The number of nitrogens with zero attached hydrogens (tertiary/aromatic N) is 2. The van der Waals surface area contributed by atoms with Crippen molar-refractivity contribution >= 4 is 28.4 Å². The van der Waals surface area contributed by atoms with E-state index in [9.17, 15) is 0 Å². The molecule has 0 aliphatic rings. The highest BCUT2D eigenvalue weighted by Gasteiger charge is 2.05. The average Bonchev–Trinajstić information content (AvgIpc) is 2.14. The minimum absolute atomic E-state index is 0.575. The Morgan fingerprint density at radius 2 is 2.14 bits per heavy atom. The predicted molar refractivity (Wildman–Crippen MR) is 64.1 cm³/mol. The van der Waals surface area contributed by atoms with Crippen LogP contribution in [0.4, 0.5) is 5.82 Å². The molecule has 0 unspecified atom stereocenters. The van der Waals surface area contributed by atoms with Gasteiger partial charge in [-0.2, -0.15) is 0 Å². The van der Waals surface area contributed by atoms with Crippen molar-refractivity contribution in [2.24, 2.45) is 0 Å². The lowest BCUT2D eigenvalue weighted by Crippen LogP contribution is -2.06. The Morgan fingerprint density at radius 3 is 2.71 bits per heavy atom. The molecule has 1 aromatic rings. The second kappa shape index (κ2) is 5.45. The topological polar surface area (TPSA) is 61.0 Å². The lowest BCUT2D eigenvalue weighted by atomic mass is 10.3. The van der Waals surface area contributed by atoms with Crippen molar-refractivity contribution in [1.82, 2.24) is 9.97 Å². The van der Waals surface area contributed by atoms with E-state index in [0.29, 0.717) is 5.82 Å². The van der Waals surface area contributed by atoms with Crippen molar-refractivity contribution < 1.29 is 4.74 Å². The molecule has 14 heavy (non-hydrogen) atoms. The number of rotatable bonds is 4. The molecular weight excluding hydrogens is 293 g/mol. The van der Waals surface area contributed by atoms with Crippen LogP contribution < -0.4 is 5.73 Å². The van der Waals surface area contributed by atoms with Gasteiger partial charge in [-0.05, 0) is 35.9 Å². The van der Waals surface area contributed by atoms with E-state index in [2.05, 4.69) is 32.6 Å². The number of hydrogen-bond donors (Lipinski definition) is 1. The second-order valence-electron chi connectivity index (χ2n) is 3.02. The zero-order valence-corrected chi connectivity index (χ0v) is 10.5. The molecule has 1 aromatic heterocycles. The quantitative estimate of drug-likeness (QED) is 0.677. The number of ether oxygens (including phenoxy) is 1. The van der Waals surface area contributed by atoms with E-state index < -0.39 is 0 Å². The molecule has 2 N–H and O–H groups in total. The third-order valence-electron chi connectivity index (χ3n) is 1.84. The van der Waals surface area contributed by atoms with Gasteiger partial charge in [0.15, 0.2) is 0 Å². The Labute approximate surface area is 97.4 Å². The van der Waals surface area contributed by atoms with E-state index in [1.54, 1.807) is 7.11 Å². The van der Waals surface area contributed by atoms with Gasteiger partial charge in [0.25, 0.3) is 0 Å². The molecule has 0 amide bonds. The molecule has 78 valence electrons. The molecule has 0 radical (unpaired) electrons. The van der Waals surface area contributed by atoms with Crippen LogP contribution in [-0.4, -0.2) is 23.7 Å². The fraction of sp³-hybridized carbons (Fsp3) is 0.556. The van der Waals surface area contributed by atoms with Crippen LogP contribution in [0.1, 0.15) is 17.9 Å². The Kier molecular flexibility index (Phi) is 4.53. The molecule has 0 saturated heterocycles. The smallest absolute Gasteiger partial charge is 0.140 e. The summed E-state index contributed by atoms with van der Waals surface area (Å²) in [4.78, 5) is 8.56. The van der Waals surface area contributed by atoms with Crippen LogP contribution in [0.2, 0.25) is 0 Å². The maximum Gasteiger partial charge on any atom is 0.140 e. The fourth-order valence-corrected chi connectivity index (χ4v) is 1.37. The molecule has 1 rings (SSSR count). The van der Waals surface area contributed by atoms with Gasteiger partial charge in [-0.3, -0.25) is 0 Å². The van der Waals surface area contributed by atoms with Crippen molar-refractivity contribution in [1.29, 1.82) is 0 Å². The van der Waals surface area contributed by atoms with E-state index in [1.807, 2.05) is 6.92 Å². The first-order valence-electron chi connectivity index (χ1n) is 4.42. The molecule has 0 aliphatic heterocycles. The second-order valence-corrected chi connectivity index (χ2v) is 4.10. The number of aromatic nitrogens is 2. The zero-order valence-electron chi connectivity index (χ0n) is 8.38. The minimum atomic E-state index is 0.575. The van der Waals surface area contributed by atoms with Crippen molar-refractivity contribution in [3.8, 4) is 0 Å². The number of hydrogen-bond acceptors (Lipinski definition) is 4. The molecular formula is C9H14IN3O. The Hall–Kier alpha value is -0.430. The van der Waals surface area contributed by atoms with Gasteiger partial charge in [-0.1, -0.05) is 0 Å². The Balaban J connectivity index is 2.69. The number of halogens is 1. The van der Waals surface area contributed by atoms with Crippen LogP contribution in [0, 0.1) is 10.5 Å². The summed E-state index contributed by atoms with van der Waals surface area (Å²) >= 11 is 2.16. The summed E-state index contributed by atoms with van der Waals surface area (Å²) in [7, 11) is 1.69. The summed E-state index contributed by atoms with van der Waals surface area (Å²) in [5.74, 6) is 1.38. The van der Waals surface area contributed by atoms with Crippen molar-refractivity contribution in [2.45, 2.75) is 19.8 Å². The molecule has 0 bridgehead atoms. The molecule has 0 aliphatic carbocycles. The van der Waals surface area contributed by atoms with Gasteiger partial charge in [-0.25, -0.2) is 9.97 Å². The predicted octanol–water partition coefficient (Wildman–Crippen LogP) is 1.55. The number of nitrogen functional groups attached to an aromatic ring is 1. The molecule has 0 saturated carbocycles. The number of aryl methyl sites for hydroxylation is 2. The van der Waals surface area contributed by atoms with E-state index in [4.69, 9.17) is 10.5 Å². The molecule has 0 spiro atoms. The summed E-state index contributed by atoms with van der Waals surface area (Å²) in [5, 5.41) is 0. The summed E-state index contributed by atoms with van der Waals surface area (Å²) in [5.41, 5.74) is 6.69. The van der Waals surface area contributed by atoms with Crippen LogP contribution in [0.5, 0.6) is 0 Å². The van der Waals surface area contributed by atoms with Gasteiger partial charge in [-0.15, -0.1) is 0 Å². The highest BCUT2D eigenvalue weighted by atomic mass is 127. The summed E-state index contributed by atoms with van der Waals surface area (Å²) in [6, 6.07) is 0. The van der Waals surface area contributed by atoms with Crippen LogP contribution >= 0.6 is 22.6 Å². The maximum atomic E-state index is 5.74. The zero-order chi connectivity index (χ0) is 10.6. The molecule has 0 fully saturated rings. The molecule has 1 heterocycles. The van der Waals surface area contributed by atoms with Crippen LogP contribution in [0.15, 0.2) is 0 Å². The first-order valence-corrected chi connectivity index (χ1v) is 5.50. The number of methoxy groups -OCH3 is 1. The number of anilines is 1. The minimum Gasteiger partial charge on any atom is -0.385 e. The first kappa shape index (κ1) is 11.6. The highest BCUT2D eigenvalue weighted by molar-refractivity contribution is 14.1. The summed E-state index contributed by atoms with van der Waals surface area (Å²) < 4.78 is 5.90.